The zero-order chi connectivity index (χ0) is 13.1. The summed E-state index contributed by atoms with van der Waals surface area (Å²) >= 11 is 1.79. The van der Waals surface area contributed by atoms with Gasteiger partial charge in [-0.15, -0.1) is 11.3 Å². The maximum atomic E-state index is 9.49. The van der Waals surface area contributed by atoms with Gasteiger partial charge >= 0.3 is 0 Å². The Morgan fingerprint density at radius 3 is 2.94 bits per heavy atom. The number of morpholine rings is 1. The molecule has 0 aliphatic carbocycles. The Morgan fingerprint density at radius 1 is 1.61 bits per heavy atom. The highest BCUT2D eigenvalue weighted by molar-refractivity contribution is 7.12. The van der Waals surface area contributed by atoms with E-state index in [2.05, 4.69) is 24.0 Å². The number of aliphatic hydroxyl groups excluding tert-OH is 1. The highest BCUT2D eigenvalue weighted by Crippen LogP contribution is 2.31. The fraction of sp³-hybridized carbons (Fsp3) is 0.692. The molecule has 0 amide bonds. The normalized spacial score (nSPS) is 25.0. The minimum Gasteiger partial charge on any atom is -0.395 e. The summed E-state index contributed by atoms with van der Waals surface area (Å²) < 4.78 is 5.44. The first-order valence-corrected chi connectivity index (χ1v) is 7.21. The molecule has 18 heavy (non-hydrogen) atoms. The first-order valence-electron chi connectivity index (χ1n) is 6.39. The molecule has 0 aromatic carbocycles. The van der Waals surface area contributed by atoms with Crippen LogP contribution in [0.15, 0.2) is 12.1 Å². The van der Waals surface area contributed by atoms with Crippen LogP contribution < -0.4 is 5.73 Å². The molecule has 0 spiro atoms. The van der Waals surface area contributed by atoms with Gasteiger partial charge in [0, 0.05) is 22.3 Å². The number of aliphatic hydroxyl groups is 1. The van der Waals surface area contributed by atoms with Crippen molar-refractivity contribution in [1.82, 2.24) is 4.90 Å². The van der Waals surface area contributed by atoms with Gasteiger partial charge < -0.3 is 15.6 Å². The number of rotatable bonds is 4. The summed E-state index contributed by atoms with van der Waals surface area (Å²) in [7, 11) is 0. The van der Waals surface area contributed by atoms with E-state index in [1.165, 1.54) is 9.75 Å². The molecule has 1 aromatic heterocycles. The first-order chi connectivity index (χ1) is 8.63. The smallest absolute Gasteiger partial charge is 0.0645 e. The second-order valence-electron chi connectivity index (χ2n) is 4.90. The van der Waals surface area contributed by atoms with E-state index in [0.29, 0.717) is 13.2 Å². The average Bonchev–Trinajstić information content (AvgIpc) is 2.76. The molecule has 0 bridgehead atoms. The number of thiophene rings is 1. The van der Waals surface area contributed by atoms with Crippen LogP contribution in [-0.4, -0.2) is 48.5 Å². The van der Waals surface area contributed by atoms with Crippen LogP contribution >= 0.6 is 11.3 Å². The Hall–Kier alpha value is -0.460. The second kappa shape index (κ2) is 6.12. The molecule has 3 unspecified atom stereocenters. The molecule has 3 atom stereocenters. The standard InChI is InChI=1S/C13H22N2O2S/c1-9-3-4-12(18-9)13(10(2)14)15-5-6-17-8-11(15)7-16/h3-4,10-11,13,16H,5-8,14H2,1-2H3. The molecule has 3 N–H and O–H groups in total. The SMILES string of the molecule is Cc1ccc(C(C(C)N)N2CCOCC2CO)s1. The molecule has 1 aliphatic heterocycles. The number of aryl methyl sites for hydroxylation is 1. The molecule has 5 heteroatoms. The van der Waals surface area contributed by atoms with E-state index in [4.69, 9.17) is 10.5 Å². The Balaban J connectivity index is 2.23. The third kappa shape index (κ3) is 2.92. The number of nitrogens with two attached hydrogens (primary N) is 1. The van der Waals surface area contributed by atoms with E-state index >= 15 is 0 Å². The van der Waals surface area contributed by atoms with Crippen molar-refractivity contribution in [2.75, 3.05) is 26.4 Å². The van der Waals surface area contributed by atoms with Crippen molar-refractivity contribution in [1.29, 1.82) is 0 Å². The second-order valence-corrected chi connectivity index (χ2v) is 6.22. The van der Waals surface area contributed by atoms with E-state index in [1.807, 2.05) is 6.92 Å². The van der Waals surface area contributed by atoms with E-state index in [9.17, 15) is 5.11 Å². The molecule has 2 heterocycles. The van der Waals surface area contributed by atoms with Gasteiger partial charge in [-0.25, -0.2) is 0 Å². The van der Waals surface area contributed by atoms with Crippen LogP contribution in [0, 0.1) is 6.92 Å². The van der Waals surface area contributed by atoms with Gasteiger partial charge in [0.15, 0.2) is 0 Å². The summed E-state index contributed by atoms with van der Waals surface area (Å²) in [4.78, 5) is 4.87. The van der Waals surface area contributed by atoms with Crippen molar-refractivity contribution in [2.45, 2.75) is 32.0 Å². The van der Waals surface area contributed by atoms with E-state index in [0.717, 1.165) is 6.54 Å². The Morgan fingerprint density at radius 2 is 2.39 bits per heavy atom. The Bertz CT molecular complexity index is 381. The third-order valence-corrected chi connectivity index (χ3v) is 4.46. The van der Waals surface area contributed by atoms with Gasteiger partial charge in [0.2, 0.25) is 0 Å². The molecule has 4 nitrogen and oxygen atoms in total. The molecular weight excluding hydrogens is 248 g/mol. The first kappa shape index (κ1) is 14.0. The van der Waals surface area contributed by atoms with Crippen LogP contribution in [0.25, 0.3) is 0 Å². The van der Waals surface area contributed by atoms with Gasteiger partial charge in [-0.1, -0.05) is 0 Å². The molecule has 1 aliphatic rings. The molecule has 2 rings (SSSR count). The predicted octanol–water partition coefficient (Wildman–Crippen LogP) is 1.14. The van der Waals surface area contributed by atoms with Crippen molar-refractivity contribution in [3.63, 3.8) is 0 Å². The minimum atomic E-state index is 0.0372. The lowest BCUT2D eigenvalue weighted by molar-refractivity contribution is -0.0509. The molecule has 1 saturated heterocycles. The summed E-state index contributed by atoms with van der Waals surface area (Å²) in [5.74, 6) is 0. The minimum absolute atomic E-state index is 0.0372. The molecular formula is C13H22N2O2S. The van der Waals surface area contributed by atoms with Gasteiger partial charge in [0.25, 0.3) is 0 Å². The van der Waals surface area contributed by atoms with E-state index in [1.54, 1.807) is 11.3 Å². The summed E-state index contributed by atoms with van der Waals surface area (Å²) in [6.07, 6.45) is 0. The summed E-state index contributed by atoms with van der Waals surface area (Å²) in [6.45, 7) is 6.38. The van der Waals surface area contributed by atoms with Gasteiger partial charge in [-0.05, 0) is 26.0 Å². The van der Waals surface area contributed by atoms with Crippen molar-refractivity contribution in [3.05, 3.63) is 21.9 Å². The lowest BCUT2D eigenvalue weighted by Gasteiger charge is -2.41. The third-order valence-electron chi connectivity index (χ3n) is 3.39. The predicted molar refractivity (Wildman–Crippen MR) is 73.8 cm³/mol. The number of hydrogen-bond acceptors (Lipinski definition) is 5. The highest BCUT2D eigenvalue weighted by atomic mass is 32.1. The van der Waals surface area contributed by atoms with Crippen molar-refractivity contribution in [2.24, 2.45) is 5.73 Å². The maximum absolute atomic E-state index is 9.49. The van der Waals surface area contributed by atoms with Crippen LogP contribution in [0.4, 0.5) is 0 Å². The van der Waals surface area contributed by atoms with Gasteiger partial charge in [0.05, 0.1) is 31.9 Å². The van der Waals surface area contributed by atoms with E-state index < -0.39 is 0 Å². The van der Waals surface area contributed by atoms with Gasteiger partial charge in [0.1, 0.15) is 0 Å². The van der Waals surface area contributed by atoms with Crippen LogP contribution in [0.3, 0.4) is 0 Å². The topological polar surface area (TPSA) is 58.7 Å². The molecule has 1 fully saturated rings. The fourth-order valence-electron chi connectivity index (χ4n) is 2.53. The lowest BCUT2D eigenvalue weighted by Crippen LogP contribution is -2.52. The highest BCUT2D eigenvalue weighted by Gasteiger charge is 2.32. The number of hydrogen-bond donors (Lipinski definition) is 2. The van der Waals surface area contributed by atoms with Crippen LogP contribution in [-0.2, 0) is 4.74 Å². The largest absolute Gasteiger partial charge is 0.395 e. The quantitative estimate of drug-likeness (QED) is 0.861. The lowest BCUT2D eigenvalue weighted by atomic mass is 10.0. The molecule has 0 saturated carbocycles. The summed E-state index contributed by atoms with van der Waals surface area (Å²) in [5.41, 5.74) is 6.17. The van der Waals surface area contributed by atoms with E-state index in [-0.39, 0.29) is 24.7 Å². The maximum Gasteiger partial charge on any atom is 0.0645 e. The van der Waals surface area contributed by atoms with Gasteiger partial charge in [-0.2, -0.15) is 0 Å². The van der Waals surface area contributed by atoms with Crippen LogP contribution in [0.5, 0.6) is 0 Å². The van der Waals surface area contributed by atoms with Crippen molar-refractivity contribution >= 4 is 11.3 Å². The molecule has 0 radical (unpaired) electrons. The fourth-order valence-corrected chi connectivity index (χ4v) is 3.64. The summed E-state index contributed by atoms with van der Waals surface area (Å²) in [5, 5.41) is 9.49. The molecule has 1 aromatic rings. The number of nitrogens with zero attached hydrogens (tertiary/aromatic N) is 1. The zero-order valence-electron chi connectivity index (χ0n) is 11.0. The Kier molecular flexibility index (Phi) is 4.75. The van der Waals surface area contributed by atoms with Crippen molar-refractivity contribution in [3.8, 4) is 0 Å². The monoisotopic (exact) mass is 270 g/mol. The van der Waals surface area contributed by atoms with Crippen molar-refractivity contribution < 1.29 is 9.84 Å². The number of ether oxygens (including phenoxy) is 1. The van der Waals surface area contributed by atoms with Crippen LogP contribution in [0.2, 0.25) is 0 Å². The van der Waals surface area contributed by atoms with Crippen LogP contribution in [0.1, 0.15) is 22.7 Å². The summed E-state index contributed by atoms with van der Waals surface area (Å²) in [6, 6.07) is 4.54. The Labute approximate surface area is 112 Å². The zero-order valence-corrected chi connectivity index (χ0v) is 11.8. The molecule has 102 valence electrons. The average molecular weight is 270 g/mol. The van der Waals surface area contributed by atoms with Gasteiger partial charge in [-0.3, -0.25) is 4.90 Å².